The van der Waals surface area contributed by atoms with Crippen LogP contribution in [-0.2, 0) is 9.53 Å². The molecule has 1 saturated heterocycles. The number of hydrogen-bond donors (Lipinski definition) is 2. The first-order valence-corrected chi connectivity index (χ1v) is 6.85. The number of ether oxygens (including phenoxy) is 1. The third-order valence-corrected chi connectivity index (χ3v) is 3.63. The Morgan fingerprint density at radius 2 is 2.35 bits per heavy atom. The number of nitrogens with zero attached hydrogens (tertiary/aromatic N) is 1. The highest BCUT2D eigenvalue weighted by molar-refractivity contribution is 9.10. The Labute approximate surface area is 124 Å². The molecule has 108 valence electrons. The lowest BCUT2D eigenvalue weighted by atomic mass is 10.1. The molecular weight excluding hydrogens is 330 g/mol. The molecule has 0 spiro atoms. The number of hydrogen-bond acceptors (Lipinski definition) is 5. The third kappa shape index (κ3) is 3.33. The molecule has 8 heteroatoms. The minimum Gasteiger partial charge on any atom is -0.378 e. The summed E-state index contributed by atoms with van der Waals surface area (Å²) in [6.45, 7) is 3.11. The summed E-state index contributed by atoms with van der Waals surface area (Å²) in [7, 11) is 0. The number of nitrogens with one attached hydrogen (secondary N) is 2. The predicted octanol–water partition coefficient (Wildman–Crippen LogP) is 1.59. The Hall–Kier alpha value is -1.51. The number of nitro groups is 1. The Morgan fingerprint density at radius 1 is 1.60 bits per heavy atom. The van der Waals surface area contributed by atoms with E-state index in [1.165, 1.54) is 6.07 Å². The van der Waals surface area contributed by atoms with Gasteiger partial charge in [0.1, 0.15) is 6.04 Å². The Kier molecular flexibility index (Phi) is 4.69. The molecule has 1 unspecified atom stereocenters. The van der Waals surface area contributed by atoms with Crippen molar-refractivity contribution in [3.8, 4) is 0 Å². The van der Waals surface area contributed by atoms with Crippen molar-refractivity contribution in [1.82, 2.24) is 5.32 Å². The molecule has 1 heterocycles. The van der Waals surface area contributed by atoms with Gasteiger partial charge >= 0.3 is 0 Å². The molecule has 2 rings (SSSR count). The molecule has 2 N–H and O–H groups in total. The zero-order chi connectivity index (χ0) is 14.7. The number of carbonyl (C=O) groups excluding carboxylic acids is 1. The Balaban J connectivity index is 2.18. The molecule has 1 amide bonds. The van der Waals surface area contributed by atoms with Gasteiger partial charge in [0, 0.05) is 22.6 Å². The van der Waals surface area contributed by atoms with Crippen LogP contribution in [0.4, 0.5) is 11.4 Å². The van der Waals surface area contributed by atoms with Crippen molar-refractivity contribution >= 4 is 33.2 Å². The van der Waals surface area contributed by atoms with Crippen LogP contribution in [0.1, 0.15) is 5.56 Å². The van der Waals surface area contributed by atoms with Crippen LogP contribution in [0.5, 0.6) is 0 Å². The van der Waals surface area contributed by atoms with Gasteiger partial charge in [0.25, 0.3) is 5.69 Å². The minimum absolute atomic E-state index is 0.0312. The molecule has 20 heavy (non-hydrogen) atoms. The molecule has 0 radical (unpaired) electrons. The van der Waals surface area contributed by atoms with E-state index in [-0.39, 0.29) is 18.2 Å². The highest BCUT2D eigenvalue weighted by atomic mass is 79.9. The van der Waals surface area contributed by atoms with Crippen molar-refractivity contribution in [2.75, 3.05) is 25.1 Å². The highest BCUT2D eigenvalue weighted by Crippen LogP contribution is 2.30. The molecule has 1 aliphatic heterocycles. The van der Waals surface area contributed by atoms with Gasteiger partial charge < -0.3 is 15.4 Å². The van der Waals surface area contributed by atoms with Crippen molar-refractivity contribution in [3.63, 3.8) is 0 Å². The molecule has 1 aliphatic rings. The smallest absolute Gasteiger partial charge is 0.274 e. The summed E-state index contributed by atoms with van der Waals surface area (Å²) in [5.74, 6) is -0.274. The molecule has 0 bridgehead atoms. The molecule has 7 nitrogen and oxygen atoms in total. The van der Waals surface area contributed by atoms with E-state index >= 15 is 0 Å². The number of halogens is 1. The number of amides is 1. The van der Waals surface area contributed by atoms with Crippen molar-refractivity contribution in [2.45, 2.75) is 13.0 Å². The van der Waals surface area contributed by atoms with Crippen LogP contribution >= 0.6 is 15.9 Å². The fourth-order valence-electron chi connectivity index (χ4n) is 1.91. The van der Waals surface area contributed by atoms with Crippen LogP contribution in [-0.4, -0.2) is 36.6 Å². The topological polar surface area (TPSA) is 93.5 Å². The zero-order valence-corrected chi connectivity index (χ0v) is 12.4. The van der Waals surface area contributed by atoms with Gasteiger partial charge in [0.05, 0.1) is 23.8 Å². The molecule has 0 aliphatic carbocycles. The summed E-state index contributed by atoms with van der Waals surface area (Å²) in [6, 6.07) is 2.51. The first-order valence-electron chi connectivity index (χ1n) is 6.05. The van der Waals surface area contributed by atoms with Crippen LogP contribution in [0, 0.1) is 17.0 Å². The Bertz CT molecular complexity index is 544. The number of benzene rings is 1. The zero-order valence-electron chi connectivity index (χ0n) is 10.8. The van der Waals surface area contributed by atoms with E-state index in [0.29, 0.717) is 28.9 Å². The van der Waals surface area contributed by atoms with E-state index in [1.54, 1.807) is 13.0 Å². The van der Waals surface area contributed by atoms with Gasteiger partial charge in [-0.2, -0.15) is 0 Å². The second kappa shape index (κ2) is 6.29. The molecule has 1 atom stereocenters. The summed E-state index contributed by atoms with van der Waals surface area (Å²) >= 11 is 3.29. The first-order chi connectivity index (χ1) is 9.49. The number of anilines is 1. The summed E-state index contributed by atoms with van der Waals surface area (Å²) in [5.41, 5.74) is 0.870. The van der Waals surface area contributed by atoms with Gasteiger partial charge in [-0.1, -0.05) is 0 Å². The molecule has 1 aromatic carbocycles. The summed E-state index contributed by atoms with van der Waals surface area (Å²) in [4.78, 5) is 22.5. The second-order valence-electron chi connectivity index (χ2n) is 4.45. The Morgan fingerprint density at radius 3 is 2.95 bits per heavy atom. The van der Waals surface area contributed by atoms with E-state index in [0.717, 1.165) is 0 Å². The van der Waals surface area contributed by atoms with Crippen molar-refractivity contribution in [2.24, 2.45) is 0 Å². The van der Waals surface area contributed by atoms with E-state index < -0.39 is 11.0 Å². The van der Waals surface area contributed by atoms with Crippen LogP contribution in [0.25, 0.3) is 0 Å². The fraction of sp³-hybridized carbons (Fsp3) is 0.417. The third-order valence-electron chi connectivity index (χ3n) is 2.98. The van der Waals surface area contributed by atoms with Crippen molar-refractivity contribution < 1.29 is 14.5 Å². The lowest BCUT2D eigenvalue weighted by molar-refractivity contribution is -0.385. The molecule has 0 saturated carbocycles. The highest BCUT2D eigenvalue weighted by Gasteiger charge is 2.23. The molecule has 0 aromatic heterocycles. The standard InChI is InChI=1S/C12H14BrN3O4/c1-7-4-8(13)9(5-11(7)16(18)19)15-12(17)10-6-20-3-2-14-10/h4-5,10,14H,2-3,6H2,1H3,(H,15,17). The summed E-state index contributed by atoms with van der Waals surface area (Å²) in [5, 5.41) is 16.6. The maximum absolute atomic E-state index is 12.0. The van der Waals surface area contributed by atoms with E-state index in [2.05, 4.69) is 26.6 Å². The largest absolute Gasteiger partial charge is 0.378 e. The van der Waals surface area contributed by atoms with Crippen molar-refractivity contribution in [3.05, 3.63) is 32.3 Å². The molecular formula is C12H14BrN3O4. The first kappa shape index (κ1) is 14.9. The normalized spacial score (nSPS) is 18.6. The number of aryl methyl sites for hydroxylation is 1. The van der Waals surface area contributed by atoms with E-state index in [1.807, 2.05) is 0 Å². The van der Waals surface area contributed by atoms with Gasteiger partial charge in [0.15, 0.2) is 0 Å². The number of carbonyl (C=O) groups is 1. The second-order valence-corrected chi connectivity index (χ2v) is 5.30. The maximum Gasteiger partial charge on any atom is 0.274 e. The molecule has 1 aromatic rings. The van der Waals surface area contributed by atoms with Crippen LogP contribution in [0.2, 0.25) is 0 Å². The monoisotopic (exact) mass is 343 g/mol. The van der Waals surface area contributed by atoms with Gasteiger partial charge in [0.2, 0.25) is 5.91 Å². The van der Waals surface area contributed by atoms with Crippen LogP contribution in [0.15, 0.2) is 16.6 Å². The molecule has 1 fully saturated rings. The fourth-order valence-corrected chi connectivity index (χ4v) is 2.46. The van der Waals surface area contributed by atoms with Gasteiger partial charge in [-0.15, -0.1) is 0 Å². The quantitative estimate of drug-likeness (QED) is 0.642. The van der Waals surface area contributed by atoms with Crippen LogP contribution in [0.3, 0.4) is 0 Å². The number of morpholine rings is 1. The maximum atomic E-state index is 12.0. The van der Waals surface area contributed by atoms with Crippen LogP contribution < -0.4 is 10.6 Å². The summed E-state index contributed by atoms with van der Waals surface area (Å²) < 4.78 is 5.81. The average Bonchev–Trinajstić information content (AvgIpc) is 2.42. The van der Waals surface area contributed by atoms with Gasteiger partial charge in [-0.25, -0.2) is 0 Å². The lowest BCUT2D eigenvalue weighted by Crippen LogP contribution is -2.48. The van der Waals surface area contributed by atoms with E-state index in [9.17, 15) is 14.9 Å². The minimum atomic E-state index is -0.473. The SMILES string of the molecule is Cc1cc(Br)c(NC(=O)C2COCCN2)cc1[N+](=O)[O-]. The number of nitro benzene ring substituents is 1. The average molecular weight is 344 g/mol. The van der Waals surface area contributed by atoms with Gasteiger partial charge in [-0.05, 0) is 28.9 Å². The predicted molar refractivity (Wildman–Crippen MR) is 76.8 cm³/mol. The number of rotatable bonds is 3. The van der Waals surface area contributed by atoms with E-state index in [4.69, 9.17) is 4.74 Å². The lowest BCUT2D eigenvalue weighted by Gasteiger charge is -2.23. The van der Waals surface area contributed by atoms with Gasteiger partial charge in [-0.3, -0.25) is 14.9 Å². The van der Waals surface area contributed by atoms with Crippen molar-refractivity contribution in [1.29, 1.82) is 0 Å². The summed E-state index contributed by atoms with van der Waals surface area (Å²) in [6.07, 6.45) is 0.